The van der Waals surface area contributed by atoms with Crippen molar-refractivity contribution in [3.05, 3.63) is 97.2 Å². The summed E-state index contributed by atoms with van der Waals surface area (Å²) in [7, 11) is 1.34. The summed E-state index contributed by atoms with van der Waals surface area (Å²) in [6.07, 6.45) is 27.6. The van der Waals surface area contributed by atoms with E-state index in [1.54, 1.807) is 24.3 Å². The number of likely N-dealkylation sites (N-methyl/N-ethyl adjacent to an activating group) is 1. The quantitative estimate of drug-likeness (QED) is 0.110. The molecule has 16 heteroatoms. The standard InChI is InChI=1S/C45H63N7O9/c1-8-9-10-11-12-13-14-15-16-17-18-19-20-21-22-25-37(53)51(7)39-33(6)61-38(54)27-26-34(40(46)55)49-41(56)31(4)47-43(58)36-24-23-28-52(36)45(60)35(29-30(2)3)50-42(57)32(5)48-44(39)59/h8-22,25,30-36,39H,23-24,26-29H2,1-7H3,(H2,46,55)(H,47,58)(H,48,59)(H,49,56)(H,50,57)/b9-8+,11-10+,13-12+,15-14+,17-16+,19-18+,21-20+,25-22+/t31-,32+,33-,34+,35+,36-,39+/m1/s1. The molecule has 2 heterocycles. The summed E-state index contributed by atoms with van der Waals surface area (Å²) >= 11 is 0. The first-order chi connectivity index (χ1) is 29.0. The highest BCUT2D eigenvalue weighted by molar-refractivity contribution is 5.98. The highest BCUT2D eigenvalue weighted by Crippen LogP contribution is 2.21. The molecule has 0 aromatic heterocycles. The highest BCUT2D eigenvalue weighted by Gasteiger charge is 2.40. The maximum absolute atomic E-state index is 13.9. The largest absolute Gasteiger partial charge is 0.460 e. The van der Waals surface area contributed by atoms with Crippen LogP contribution in [-0.2, 0) is 43.1 Å². The van der Waals surface area contributed by atoms with Crippen LogP contribution in [0.2, 0.25) is 0 Å². The second-order valence-corrected chi connectivity index (χ2v) is 15.1. The molecule has 0 unspecified atom stereocenters. The third-order valence-corrected chi connectivity index (χ3v) is 9.63. The van der Waals surface area contributed by atoms with Crippen molar-refractivity contribution in [1.29, 1.82) is 0 Å². The molecule has 2 aliphatic heterocycles. The minimum absolute atomic E-state index is 0.0581. The topological polar surface area (TPSA) is 226 Å². The van der Waals surface area contributed by atoms with Crippen LogP contribution in [0, 0.1) is 5.92 Å². The van der Waals surface area contributed by atoms with Gasteiger partial charge in [0.15, 0.2) is 0 Å². The van der Waals surface area contributed by atoms with E-state index >= 15 is 0 Å². The summed E-state index contributed by atoms with van der Waals surface area (Å²) in [6, 6.07) is -7.13. The minimum atomic E-state index is -1.45. The van der Waals surface area contributed by atoms with Gasteiger partial charge >= 0.3 is 5.97 Å². The second kappa shape index (κ2) is 26.7. The number of rotatable bonds is 12. The van der Waals surface area contributed by atoms with E-state index in [9.17, 15) is 38.4 Å². The number of carbonyl (C=O) groups excluding carboxylic acids is 8. The molecule has 6 N–H and O–H groups in total. The van der Waals surface area contributed by atoms with Crippen molar-refractivity contribution in [2.45, 2.75) is 116 Å². The fourth-order valence-electron chi connectivity index (χ4n) is 6.38. The van der Waals surface area contributed by atoms with Gasteiger partial charge in [-0.15, -0.1) is 0 Å². The van der Waals surface area contributed by atoms with Gasteiger partial charge in [0.05, 0.1) is 0 Å². The van der Waals surface area contributed by atoms with Crippen LogP contribution in [0.25, 0.3) is 0 Å². The van der Waals surface area contributed by atoms with Crippen LogP contribution in [-0.4, -0.2) is 113 Å². The molecule has 2 fully saturated rings. The Hall–Kier alpha value is -6.32. The molecule has 2 aliphatic rings. The third kappa shape index (κ3) is 17.8. The summed E-state index contributed by atoms with van der Waals surface area (Å²) in [6.45, 7) is 10.1. The second-order valence-electron chi connectivity index (χ2n) is 15.1. The van der Waals surface area contributed by atoms with Gasteiger partial charge in [-0.05, 0) is 59.3 Å². The smallest absolute Gasteiger partial charge is 0.306 e. The number of nitrogens with zero attached hydrogens (tertiary/aromatic N) is 2. The Morgan fingerprint density at radius 3 is 1.77 bits per heavy atom. The summed E-state index contributed by atoms with van der Waals surface area (Å²) in [5, 5.41) is 10.4. The average molecular weight is 846 g/mol. The van der Waals surface area contributed by atoms with E-state index in [1.165, 1.54) is 44.9 Å². The van der Waals surface area contributed by atoms with E-state index in [2.05, 4.69) is 21.3 Å². The average Bonchev–Trinajstić information content (AvgIpc) is 3.70. The molecule has 0 saturated carbocycles. The number of esters is 1. The Bertz CT molecular complexity index is 1810. The van der Waals surface area contributed by atoms with Gasteiger partial charge < -0.3 is 41.5 Å². The highest BCUT2D eigenvalue weighted by atomic mass is 16.5. The fourth-order valence-corrected chi connectivity index (χ4v) is 6.38. The van der Waals surface area contributed by atoms with Crippen LogP contribution in [0.1, 0.15) is 73.6 Å². The predicted molar refractivity (Wildman–Crippen MR) is 233 cm³/mol. The van der Waals surface area contributed by atoms with Gasteiger partial charge in [0.2, 0.25) is 41.4 Å². The number of hydrogen-bond donors (Lipinski definition) is 5. The summed E-state index contributed by atoms with van der Waals surface area (Å²) < 4.78 is 5.57. The lowest BCUT2D eigenvalue weighted by Crippen LogP contribution is -2.59. The van der Waals surface area contributed by atoms with Crippen molar-refractivity contribution in [1.82, 2.24) is 31.1 Å². The van der Waals surface area contributed by atoms with Crippen molar-refractivity contribution < 1.29 is 43.1 Å². The van der Waals surface area contributed by atoms with Gasteiger partial charge in [-0.25, -0.2) is 0 Å². The fraction of sp³-hybridized carbons (Fsp3) is 0.467. The van der Waals surface area contributed by atoms with Crippen molar-refractivity contribution >= 4 is 47.3 Å². The molecule has 7 atom stereocenters. The number of primary amides is 1. The zero-order valence-corrected chi connectivity index (χ0v) is 36.2. The Labute approximate surface area is 359 Å². The van der Waals surface area contributed by atoms with Gasteiger partial charge in [0.1, 0.15) is 42.4 Å². The molecule has 0 aliphatic carbocycles. The van der Waals surface area contributed by atoms with Crippen LogP contribution >= 0.6 is 0 Å². The molecule has 0 bridgehead atoms. The van der Waals surface area contributed by atoms with E-state index in [4.69, 9.17) is 10.5 Å². The number of hydrogen-bond acceptors (Lipinski definition) is 9. The minimum Gasteiger partial charge on any atom is -0.460 e. The lowest BCUT2D eigenvalue weighted by atomic mass is 10.0. The van der Waals surface area contributed by atoms with Gasteiger partial charge in [-0.1, -0.05) is 105 Å². The summed E-state index contributed by atoms with van der Waals surface area (Å²) in [5.41, 5.74) is 5.53. The predicted octanol–water partition coefficient (Wildman–Crippen LogP) is 2.51. The number of fused-ring (bicyclic) bond motifs is 1. The van der Waals surface area contributed by atoms with Crippen molar-refractivity contribution in [3.8, 4) is 0 Å². The van der Waals surface area contributed by atoms with E-state index in [0.717, 1.165) is 4.90 Å². The Kier molecular flexibility index (Phi) is 22.3. The lowest BCUT2D eigenvalue weighted by Gasteiger charge is -2.32. The van der Waals surface area contributed by atoms with Gasteiger partial charge in [0, 0.05) is 26.1 Å². The maximum atomic E-state index is 13.9. The Morgan fingerprint density at radius 1 is 0.738 bits per heavy atom. The number of nitrogens with one attached hydrogen (secondary N) is 4. The molecule has 332 valence electrons. The number of amides is 7. The molecule has 0 aromatic carbocycles. The van der Waals surface area contributed by atoms with Crippen LogP contribution in [0.15, 0.2) is 97.2 Å². The van der Waals surface area contributed by atoms with Gasteiger partial charge in [-0.2, -0.15) is 0 Å². The maximum Gasteiger partial charge on any atom is 0.306 e. The zero-order chi connectivity index (χ0) is 45.5. The summed E-state index contributed by atoms with van der Waals surface area (Å²) in [5.74, 6) is -5.90. The molecule has 7 amide bonds. The Morgan fingerprint density at radius 2 is 1.25 bits per heavy atom. The van der Waals surface area contributed by atoms with E-state index < -0.39 is 96.1 Å². The van der Waals surface area contributed by atoms with E-state index in [1.807, 2.05) is 81.5 Å². The third-order valence-electron chi connectivity index (χ3n) is 9.63. The molecule has 0 spiro atoms. The molecular weight excluding hydrogens is 783 g/mol. The first kappa shape index (κ1) is 50.8. The normalized spacial score (nSPS) is 26.2. The number of cyclic esters (lactones) is 1. The Balaban J connectivity index is 2.35. The van der Waals surface area contributed by atoms with E-state index in [0.29, 0.717) is 12.8 Å². The first-order valence-corrected chi connectivity index (χ1v) is 20.5. The molecule has 16 nitrogen and oxygen atoms in total. The van der Waals surface area contributed by atoms with Crippen LogP contribution in [0.5, 0.6) is 0 Å². The van der Waals surface area contributed by atoms with Crippen LogP contribution in [0.4, 0.5) is 0 Å². The lowest BCUT2D eigenvalue weighted by molar-refractivity contribution is -0.157. The van der Waals surface area contributed by atoms with Gasteiger partial charge in [-0.3, -0.25) is 38.4 Å². The SMILES string of the molecule is C/C=C/C=C/C=C/C=C/C=C/C=C/C=C/C=C/C(=O)N(C)[C@@H]1C(=O)N[C@@H](C)C(=O)N[C@@H](CC(C)C)C(=O)N2CCC[C@@H]2C(=O)N[C@H](C)C(=O)N[C@H](C(N)=O)CCC(=O)O[C@@H]1C. The molecule has 0 aromatic rings. The monoisotopic (exact) mass is 845 g/mol. The molecular formula is C45H63N7O9. The van der Waals surface area contributed by atoms with Crippen molar-refractivity contribution in [3.63, 3.8) is 0 Å². The van der Waals surface area contributed by atoms with Crippen molar-refractivity contribution in [2.75, 3.05) is 13.6 Å². The number of ether oxygens (including phenoxy) is 1. The first-order valence-electron chi connectivity index (χ1n) is 20.5. The summed E-state index contributed by atoms with van der Waals surface area (Å²) in [4.78, 5) is 109. The van der Waals surface area contributed by atoms with E-state index in [-0.39, 0.29) is 25.3 Å². The molecule has 0 radical (unpaired) electrons. The zero-order valence-electron chi connectivity index (χ0n) is 36.2. The molecule has 61 heavy (non-hydrogen) atoms. The molecule has 2 rings (SSSR count). The molecule has 2 saturated heterocycles. The van der Waals surface area contributed by atoms with Crippen molar-refractivity contribution in [2.24, 2.45) is 11.7 Å². The number of allylic oxidation sites excluding steroid dienone is 15. The number of carbonyl (C=O) groups is 8. The van der Waals surface area contributed by atoms with Crippen LogP contribution in [0.3, 0.4) is 0 Å². The number of nitrogens with two attached hydrogens (primary N) is 1. The van der Waals surface area contributed by atoms with Crippen LogP contribution < -0.4 is 27.0 Å². The van der Waals surface area contributed by atoms with Gasteiger partial charge in [0.25, 0.3) is 0 Å².